The molecule has 1 amide bonds. The molecule has 4 aromatic rings. The molecule has 0 aliphatic carbocycles. The Morgan fingerprint density at radius 2 is 1.84 bits per heavy atom. The number of methoxy groups -OCH3 is 1. The molecule has 0 atom stereocenters. The van der Waals surface area contributed by atoms with Crippen LogP contribution in [0.5, 0.6) is 5.88 Å². The smallest absolute Gasteiger partial charge is 0.416 e. The topological polar surface area (TPSA) is 90.3 Å². The SMILES string of the molecule is CCS(=O)(=O)NC(=O)c1c(-c2cccnc2OC)c2cc(C(F)(F)F)ccc2n1Cc1ccccc1F. The van der Waals surface area contributed by atoms with Crippen molar-refractivity contribution in [2.24, 2.45) is 0 Å². The Morgan fingerprint density at radius 3 is 2.49 bits per heavy atom. The van der Waals surface area contributed by atoms with Gasteiger partial charge in [-0.2, -0.15) is 13.2 Å². The van der Waals surface area contributed by atoms with Crippen LogP contribution in [0.4, 0.5) is 17.6 Å². The van der Waals surface area contributed by atoms with Crippen LogP contribution < -0.4 is 9.46 Å². The maximum absolute atomic E-state index is 14.6. The minimum atomic E-state index is -4.70. The summed E-state index contributed by atoms with van der Waals surface area (Å²) in [5.41, 5.74) is -0.874. The monoisotopic (exact) mass is 535 g/mol. The number of ether oxygens (including phenoxy) is 1. The van der Waals surface area contributed by atoms with Crippen molar-refractivity contribution < 1.29 is 35.5 Å². The number of sulfonamides is 1. The zero-order chi connectivity index (χ0) is 27.0. The number of alkyl halides is 3. The number of pyridine rings is 1. The van der Waals surface area contributed by atoms with E-state index in [1.807, 2.05) is 4.72 Å². The molecule has 0 bridgehead atoms. The molecule has 4 rings (SSSR count). The van der Waals surface area contributed by atoms with E-state index in [0.717, 1.165) is 18.2 Å². The largest absolute Gasteiger partial charge is 0.481 e. The van der Waals surface area contributed by atoms with Gasteiger partial charge in [-0.25, -0.2) is 22.5 Å². The van der Waals surface area contributed by atoms with Crippen LogP contribution in [0.1, 0.15) is 28.5 Å². The number of amides is 1. The Hall–Kier alpha value is -3.93. The number of rotatable bonds is 7. The molecule has 0 unspecified atom stereocenters. The van der Waals surface area contributed by atoms with Crippen molar-refractivity contribution in [3.8, 4) is 17.0 Å². The normalized spacial score (nSPS) is 12.1. The van der Waals surface area contributed by atoms with Crippen molar-refractivity contribution in [2.45, 2.75) is 19.6 Å². The lowest BCUT2D eigenvalue weighted by molar-refractivity contribution is -0.137. The molecule has 0 aliphatic heterocycles. The van der Waals surface area contributed by atoms with Crippen LogP contribution in [0.25, 0.3) is 22.0 Å². The summed E-state index contributed by atoms with van der Waals surface area (Å²) in [5, 5.41) is -0.0171. The second-order valence-electron chi connectivity index (χ2n) is 8.03. The summed E-state index contributed by atoms with van der Waals surface area (Å²) in [6.45, 7) is 1.05. The van der Waals surface area contributed by atoms with Gasteiger partial charge in [0.25, 0.3) is 5.91 Å². The lowest BCUT2D eigenvalue weighted by Crippen LogP contribution is -2.33. The van der Waals surface area contributed by atoms with Crippen molar-refractivity contribution in [3.63, 3.8) is 0 Å². The highest BCUT2D eigenvalue weighted by Crippen LogP contribution is 2.42. The third-order valence-corrected chi connectivity index (χ3v) is 7.01. The lowest BCUT2D eigenvalue weighted by atomic mass is 10.0. The number of nitrogens with zero attached hydrogens (tertiary/aromatic N) is 2. The van der Waals surface area contributed by atoms with Gasteiger partial charge in [-0.1, -0.05) is 18.2 Å². The number of nitrogens with one attached hydrogen (secondary N) is 1. The number of hydrogen-bond acceptors (Lipinski definition) is 5. The molecule has 0 radical (unpaired) electrons. The lowest BCUT2D eigenvalue weighted by Gasteiger charge is -2.14. The maximum atomic E-state index is 14.6. The minimum Gasteiger partial charge on any atom is -0.481 e. The van der Waals surface area contributed by atoms with E-state index in [0.29, 0.717) is 0 Å². The summed E-state index contributed by atoms with van der Waals surface area (Å²) in [6, 6.07) is 11.5. The van der Waals surface area contributed by atoms with Gasteiger partial charge in [0.15, 0.2) is 0 Å². The molecule has 0 fully saturated rings. The highest BCUT2D eigenvalue weighted by atomic mass is 32.2. The molecule has 1 N–H and O–H groups in total. The Kier molecular flexibility index (Phi) is 6.96. The van der Waals surface area contributed by atoms with E-state index in [-0.39, 0.29) is 45.7 Å². The van der Waals surface area contributed by atoms with Gasteiger partial charge in [-0.05, 0) is 43.3 Å². The molecule has 2 aromatic carbocycles. The fourth-order valence-electron chi connectivity index (χ4n) is 4.01. The first-order valence-corrected chi connectivity index (χ1v) is 12.6. The highest BCUT2D eigenvalue weighted by Gasteiger charge is 2.34. The maximum Gasteiger partial charge on any atom is 0.416 e. The molecule has 194 valence electrons. The average molecular weight is 536 g/mol. The Bertz CT molecular complexity index is 1600. The van der Waals surface area contributed by atoms with Crippen LogP contribution in [0.15, 0.2) is 60.8 Å². The molecule has 0 aliphatic rings. The summed E-state index contributed by atoms with van der Waals surface area (Å²) in [5.74, 6) is -2.12. The van der Waals surface area contributed by atoms with E-state index in [1.54, 1.807) is 6.07 Å². The van der Waals surface area contributed by atoms with Crippen LogP contribution in [0, 0.1) is 5.82 Å². The average Bonchev–Trinajstić information content (AvgIpc) is 3.18. The summed E-state index contributed by atoms with van der Waals surface area (Å²) in [4.78, 5) is 17.6. The van der Waals surface area contributed by atoms with Gasteiger partial charge < -0.3 is 9.30 Å². The number of hydrogen-bond donors (Lipinski definition) is 1. The van der Waals surface area contributed by atoms with Crippen LogP contribution in [-0.2, 0) is 22.7 Å². The number of benzene rings is 2. The zero-order valence-electron chi connectivity index (χ0n) is 19.6. The molecule has 2 aromatic heterocycles. The Balaban J connectivity index is 2.13. The number of fused-ring (bicyclic) bond motifs is 1. The van der Waals surface area contributed by atoms with Gasteiger partial charge in [-0.3, -0.25) is 4.79 Å². The van der Waals surface area contributed by atoms with Crippen LogP contribution in [-0.4, -0.2) is 36.7 Å². The number of carbonyl (C=O) groups is 1. The van der Waals surface area contributed by atoms with Crippen LogP contribution in [0.3, 0.4) is 0 Å². The van der Waals surface area contributed by atoms with Crippen LogP contribution >= 0.6 is 0 Å². The summed E-state index contributed by atoms with van der Waals surface area (Å²) < 4.78 is 88.8. The third-order valence-electron chi connectivity index (χ3n) is 5.75. The molecule has 12 heteroatoms. The van der Waals surface area contributed by atoms with Crippen molar-refractivity contribution >= 4 is 26.8 Å². The quantitative estimate of drug-likeness (QED) is 0.337. The van der Waals surface area contributed by atoms with E-state index in [4.69, 9.17) is 4.74 Å². The van der Waals surface area contributed by atoms with Gasteiger partial charge in [0, 0.05) is 33.8 Å². The predicted octanol–water partition coefficient (Wildman–Crippen LogP) is 5.00. The Labute approximate surface area is 209 Å². The van der Waals surface area contributed by atoms with Gasteiger partial charge >= 0.3 is 6.18 Å². The zero-order valence-corrected chi connectivity index (χ0v) is 20.5. The first-order chi connectivity index (χ1) is 17.5. The Morgan fingerprint density at radius 1 is 1.11 bits per heavy atom. The van der Waals surface area contributed by atoms with Gasteiger partial charge in [-0.15, -0.1) is 0 Å². The molecule has 37 heavy (non-hydrogen) atoms. The first-order valence-electron chi connectivity index (χ1n) is 11.0. The molecule has 0 saturated heterocycles. The second-order valence-corrected chi connectivity index (χ2v) is 10.0. The molecule has 0 spiro atoms. The minimum absolute atomic E-state index is 0.00254. The van der Waals surface area contributed by atoms with E-state index in [1.165, 1.54) is 55.1 Å². The van der Waals surface area contributed by atoms with Crippen molar-refractivity contribution in [2.75, 3.05) is 12.9 Å². The number of carbonyl (C=O) groups excluding carboxylic acids is 1. The second kappa shape index (κ2) is 9.85. The van der Waals surface area contributed by atoms with Gasteiger partial charge in [0.05, 0.1) is 25.0 Å². The van der Waals surface area contributed by atoms with Crippen molar-refractivity contribution in [1.29, 1.82) is 0 Å². The molecule has 2 heterocycles. The van der Waals surface area contributed by atoms with Gasteiger partial charge in [0.1, 0.15) is 11.5 Å². The fraction of sp³-hybridized carbons (Fsp3) is 0.200. The summed E-state index contributed by atoms with van der Waals surface area (Å²) >= 11 is 0. The van der Waals surface area contributed by atoms with E-state index in [2.05, 4.69) is 4.98 Å². The standard InChI is InChI=1S/C25H21F4N3O4S/c1-3-37(34,35)31-23(33)22-21(17-8-6-12-30-24(17)36-2)18-13-16(25(27,28)29)10-11-20(18)32(22)14-15-7-4-5-9-19(15)26/h4-13H,3,14H2,1-2H3,(H,31,33). The fourth-order valence-corrected chi connectivity index (χ4v) is 4.53. The highest BCUT2D eigenvalue weighted by molar-refractivity contribution is 7.90. The summed E-state index contributed by atoms with van der Waals surface area (Å²) in [7, 11) is -2.76. The molecule has 0 saturated carbocycles. The van der Waals surface area contributed by atoms with E-state index < -0.39 is 39.2 Å². The molecular formula is C25H21F4N3O4S. The third kappa shape index (κ3) is 5.15. The number of aromatic nitrogens is 2. The first kappa shape index (κ1) is 26.1. The molecular weight excluding hydrogens is 514 g/mol. The van der Waals surface area contributed by atoms with Gasteiger partial charge in [0.2, 0.25) is 15.9 Å². The van der Waals surface area contributed by atoms with E-state index >= 15 is 0 Å². The van der Waals surface area contributed by atoms with E-state index in [9.17, 15) is 30.8 Å². The predicted molar refractivity (Wildman–Crippen MR) is 129 cm³/mol. The molecule has 7 nitrogen and oxygen atoms in total. The number of halogens is 4. The van der Waals surface area contributed by atoms with Crippen molar-refractivity contribution in [3.05, 3.63) is 83.4 Å². The summed E-state index contributed by atoms with van der Waals surface area (Å²) in [6.07, 6.45) is -3.31. The van der Waals surface area contributed by atoms with Crippen molar-refractivity contribution in [1.82, 2.24) is 14.3 Å². The van der Waals surface area contributed by atoms with Crippen LogP contribution in [0.2, 0.25) is 0 Å².